The van der Waals surface area contributed by atoms with E-state index in [2.05, 4.69) is 31.1 Å². The second-order valence-electron chi connectivity index (χ2n) is 4.82. The summed E-state index contributed by atoms with van der Waals surface area (Å²) in [6.45, 7) is 11.1. The van der Waals surface area contributed by atoms with Crippen molar-refractivity contribution in [3.8, 4) is 5.75 Å². The van der Waals surface area contributed by atoms with Gasteiger partial charge in [0.25, 0.3) is 0 Å². The van der Waals surface area contributed by atoms with Gasteiger partial charge in [0.2, 0.25) is 0 Å². The van der Waals surface area contributed by atoms with E-state index in [0.717, 1.165) is 43.1 Å². The zero-order chi connectivity index (χ0) is 12.7. The Labute approximate surface area is 105 Å². The van der Waals surface area contributed by atoms with E-state index in [-0.39, 0.29) is 0 Å². The average molecular weight is 236 g/mol. The van der Waals surface area contributed by atoms with Crippen LogP contribution < -0.4 is 10.1 Å². The van der Waals surface area contributed by atoms with Crippen LogP contribution in [0.25, 0.3) is 0 Å². The molecule has 17 heavy (non-hydrogen) atoms. The summed E-state index contributed by atoms with van der Waals surface area (Å²) < 4.78 is 5.83. The van der Waals surface area contributed by atoms with E-state index >= 15 is 0 Å². The first-order chi connectivity index (χ1) is 8.13. The van der Waals surface area contributed by atoms with Gasteiger partial charge in [0.1, 0.15) is 5.75 Å². The molecule has 3 heteroatoms. The van der Waals surface area contributed by atoms with Crippen LogP contribution in [0.4, 0.5) is 0 Å². The number of pyridine rings is 1. The van der Waals surface area contributed by atoms with Crippen molar-refractivity contribution in [2.75, 3.05) is 13.2 Å². The van der Waals surface area contributed by atoms with E-state index in [1.54, 1.807) is 0 Å². The maximum atomic E-state index is 5.83. The van der Waals surface area contributed by atoms with Crippen molar-refractivity contribution in [1.29, 1.82) is 0 Å². The lowest BCUT2D eigenvalue weighted by atomic mass is 10.2. The quantitative estimate of drug-likeness (QED) is 0.739. The van der Waals surface area contributed by atoms with E-state index < -0.39 is 0 Å². The largest absolute Gasteiger partial charge is 0.493 e. The first kappa shape index (κ1) is 14.0. The summed E-state index contributed by atoms with van der Waals surface area (Å²) in [4.78, 5) is 4.33. The average Bonchev–Trinajstić information content (AvgIpc) is 2.29. The third kappa shape index (κ3) is 5.18. The molecule has 0 spiro atoms. The molecule has 0 aliphatic rings. The Morgan fingerprint density at radius 1 is 1.41 bits per heavy atom. The van der Waals surface area contributed by atoms with Gasteiger partial charge in [-0.2, -0.15) is 0 Å². The number of hydrogen-bond donors (Lipinski definition) is 1. The molecule has 3 nitrogen and oxygen atoms in total. The normalized spacial score (nSPS) is 10.9. The monoisotopic (exact) mass is 236 g/mol. The van der Waals surface area contributed by atoms with Crippen LogP contribution in [0, 0.1) is 12.8 Å². The lowest BCUT2D eigenvalue weighted by Crippen LogP contribution is -2.16. The molecule has 0 saturated carbocycles. The van der Waals surface area contributed by atoms with Crippen molar-refractivity contribution in [1.82, 2.24) is 10.3 Å². The van der Waals surface area contributed by atoms with Gasteiger partial charge in [0, 0.05) is 30.1 Å². The fourth-order valence-corrected chi connectivity index (χ4v) is 1.49. The van der Waals surface area contributed by atoms with Crippen LogP contribution in [-0.2, 0) is 6.54 Å². The Bertz CT molecular complexity index is 337. The van der Waals surface area contributed by atoms with E-state index in [1.807, 2.05) is 19.2 Å². The maximum Gasteiger partial charge on any atom is 0.127 e. The summed E-state index contributed by atoms with van der Waals surface area (Å²) in [6, 6.07) is 2.02. The lowest BCUT2D eigenvalue weighted by Gasteiger charge is -2.14. The number of nitrogens with zero attached hydrogens (tertiary/aromatic N) is 1. The van der Waals surface area contributed by atoms with Crippen LogP contribution >= 0.6 is 0 Å². The number of aromatic nitrogens is 1. The predicted octanol–water partition coefficient (Wildman–Crippen LogP) is 2.92. The van der Waals surface area contributed by atoms with Crippen molar-refractivity contribution in [2.45, 2.75) is 40.7 Å². The molecule has 0 fully saturated rings. The lowest BCUT2D eigenvalue weighted by molar-refractivity contribution is 0.267. The van der Waals surface area contributed by atoms with Gasteiger partial charge in [0.15, 0.2) is 0 Å². The fraction of sp³-hybridized carbons (Fsp3) is 0.643. The Morgan fingerprint density at radius 3 is 2.82 bits per heavy atom. The number of nitrogens with one attached hydrogen (secondary N) is 1. The predicted molar refractivity (Wildman–Crippen MR) is 71.3 cm³/mol. The van der Waals surface area contributed by atoms with Gasteiger partial charge < -0.3 is 10.1 Å². The van der Waals surface area contributed by atoms with Gasteiger partial charge in [-0.3, -0.25) is 4.98 Å². The van der Waals surface area contributed by atoms with Gasteiger partial charge in [-0.1, -0.05) is 20.8 Å². The minimum Gasteiger partial charge on any atom is -0.493 e. The van der Waals surface area contributed by atoms with Crippen molar-refractivity contribution in [2.24, 2.45) is 5.92 Å². The van der Waals surface area contributed by atoms with E-state index in [4.69, 9.17) is 4.74 Å². The van der Waals surface area contributed by atoms with Crippen LogP contribution in [0.3, 0.4) is 0 Å². The molecule has 1 N–H and O–H groups in total. The summed E-state index contributed by atoms with van der Waals surface area (Å²) in [5.74, 6) is 1.51. The third-order valence-electron chi connectivity index (χ3n) is 2.39. The molecule has 0 radical (unpaired) electrons. The summed E-state index contributed by atoms with van der Waals surface area (Å²) >= 11 is 0. The molecule has 96 valence electrons. The highest BCUT2D eigenvalue weighted by Gasteiger charge is 2.05. The second-order valence-corrected chi connectivity index (χ2v) is 4.82. The standard InChI is InChI=1S/C14H24N2O/c1-5-6-15-8-13-9-16-12(4)7-14(13)17-10-11(2)3/h7,9,11,15H,5-6,8,10H2,1-4H3. The van der Waals surface area contributed by atoms with Crippen molar-refractivity contribution >= 4 is 0 Å². The molecule has 0 aromatic carbocycles. The fourth-order valence-electron chi connectivity index (χ4n) is 1.49. The summed E-state index contributed by atoms with van der Waals surface area (Å²) in [6.07, 6.45) is 3.05. The van der Waals surface area contributed by atoms with Gasteiger partial charge in [-0.15, -0.1) is 0 Å². The minimum absolute atomic E-state index is 0.542. The molecule has 1 aromatic rings. The van der Waals surface area contributed by atoms with Crippen LogP contribution in [0.15, 0.2) is 12.3 Å². The van der Waals surface area contributed by atoms with Gasteiger partial charge in [0.05, 0.1) is 6.61 Å². The highest BCUT2D eigenvalue weighted by Crippen LogP contribution is 2.19. The maximum absolute atomic E-state index is 5.83. The minimum atomic E-state index is 0.542. The number of rotatable bonds is 7. The molecule has 0 aliphatic heterocycles. The molecular weight excluding hydrogens is 212 g/mol. The van der Waals surface area contributed by atoms with E-state index in [0.29, 0.717) is 5.92 Å². The highest BCUT2D eigenvalue weighted by molar-refractivity contribution is 5.32. The Morgan fingerprint density at radius 2 is 2.18 bits per heavy atom. The Hall–Kier alpha value is -1.09. The van der Waals surface area contributed by atoms with Crippen LogP contribution in [-0.4, -0.2) is 18.1 Å². The van der Waals surface area contributed by atoms with Crippen molar-refractivity contribution in [3.63, 3.8) is 0 Å². The number of hydrogen-bond acceptors (Lipinski definition) is 3. The zero-order valence-corrected chi connectivity index (χ0v) is 11.4. The summed E-state index contributed by atoms with van der Waals surface area (Å²) in [5.41, 5.74) is 2.15. The zero-order valence-electron chi connectivity index (χ0n) is 11.4. The first-order valence-corrected chi connectivity index (χ1v) is 6.42. The molecule has 1 heterocycles. The van der Waals surface area contributed by atoms with Crippen molar-refractivity contribution < 1.29 is 4.74 Å². The first-order valence-electron chi connectivity index (χ1n) is 6.42. The Balaban J connectivity index is 2.66. The molecule has 0 saturated heterocycles. The molecule has 1 aromatic heterocycles. The number of aryl methyl sites for hydroxylation is 1. The van der Waals surface area contributed by atoms with Crippen molar-refractivity contribution in [3.05, 3.63) is 23.5 Å². The SMILES string of the molecule is CCCNCc1cnc(C)cc1OCC(C)C. The Kier molecular flexibility index (Phi) is 5.98. The molecular formula is C14H24N2O. The summed E-state index contributed by atoms with van der Waals surface area (Å²) in [7, 11) is 0. The number of ether oxygens (including phenoxy) is 1. The molecule has 0 unspecified atom stereocenters. The van der Waals surface area contributed by atoms with Gasteiger partial charge in [-0.05, 0) is 25.8 Å². The van der Waals surface area contributed by atoms with Crippen LogP contribution in [0.2, 0.25) is 0 Å². The topological polar surface area (TPSA) is 34.2 Å². The molecule has 0 bridgehead atoms. The second kappa shape index (κ2) is 7.28. The summed E-state index contributed by atoms with van der Waals surface area (Å²) in [5, 5.41) is 3.38. The van der Waals surface area contributed by atoms with Crippen LogP contribution in [0.1, 0.15) is 38.4 Å². The molecule has 0 aliphatic carbocycles. The molecule has 0 atom stereocenters. The van der Waals surface area contributed by atoms with E-state index in [1.165, 1.54) is 0 Å². The van der Waals surface area contributed by atoms with Gasteiger partial charge >= 0.3 is 0 Å². The highest BCUT2D eigenvalue weighted by atomic mass is 16.5. The third-order valence-corrected chi connectivity index (χ3v) is 2.39. The smallest absolute Gasteiger partial charge is 0.127 e. The van der Waals surface area contributed by atoms with Gasteiger partial charge in [-0.25, -0.2) is 0 Å². The molecule has 1 rings (SSSR count). The van der Waals surface area contributed by atoms with E-state index in [9.17, 15) is 0 Å². The van der Waals surface area contributed by atoms with Crippen LogP contribution in [0.5, 0.6) is 5.75 Å². The molecule has 0 amide bonds.